The zero-order chi connectivity index (χ0) is 11.3. The summed E-state index contributed by atoms with van der Waals surface area (Å²) in [7, 11) is 0. The Bertz CT molecular complexity index is 297. The lowest BCUT2D eigenvalue weighted by Crippen LogP contribution is -2.03. The van der Waals surface area contributed by atoms with Gasteiger partial charge in [0.25, 0.3) is 0 Å². The molecule has 1 aromatic carbocycles. The molecule has 0 amide bonds. The zero-order valence-electron chi connectivity index (χ0n) is 9.97. The predicted molar refractivity (Wildman–Crippen MR) is 64.2 cm³/mol. The molecule has 0 heterocycles. The first-order valence-electron chi connectivity index (χ1n) is 5.62. The van der Waals surface area contributed by atoms with Gasteiger partial charge in [-0.25, -0.2) is 0 Å². The lowest BCUT2D eigenvalue weighted by molar-refractivity contribution is 0.305. The van der Waals surface area contributed by atoms with E-state index in [0.717, 1.165) is 18.8 Å². The van der Waals surface area contributed by atoms with Gasteiger partial charge in [0, 0.05) is 6.54 Å². The maximum atomic E-state index is 5.77. The summed E-state index contributed by atoms with van der Waals surface area (Å²) in [5.74, 6) is 1.03. The van der Waals surface area contributed by atoms with Crippen molar-refractivity contribution in [2.45, 2.75) is 40.2 Å². The number of aryl methyl sites for hydroxylation is 2. The highest BCUT2D eigenvalue weighted by molar-refractivity contribution is 5.43. The quantitative estimate of drug-likeness (QED) is 0.753. The molecule has 2 heteroatoms. The zero-order valence-corrected chi connectivity index (χ0v) is 9.97. The molecule has 84 valence electrons. The fourth-order valence-electron chi connectivity index (χ4n) is 1.70. The average Bonchev–Trinajstić information content (AvgIpc) is 2.22. The van der Waals surface area contributed by atoms with Gasteiger partial charge >= 0.3 is 0 Å². The maximum absolute atomic E-state index is 5.77. The number of ether oxygens (including phenoxy) is 1. The van der Waals surface area contributed by atoms with E-state index in [9.17, 15) is 0 Å². The van der Waals surface area contributed by atoms with Crippen LogP contribution in [0.3, 0.4) is 0 Å². The minimum atomic E-state index is 0.594. The fourth-order valence-corrected chi connectivity index (χ4v) is 1.70. The first kappa shape index (κ1) is 12.1. The van der Waals surface area contributed by atoms with E-state index in [4.69, 9.17) is 10.5 Å². The van der Waals surface area contributed by atoms with Crippen LogP contribution in [0.4, 0.5) is 0 Å². The molecule has 0 aliphatic heterocycles. The van der Waals surface area contributed by atoms with Gasteiger partial charge in [-0.05, 0) is 37.0 Å². The van der Waals surface area contributed by atoms with Crippen molar-refractivity contribution in [3.05, 3.63) is 28.8 Å². The van der Waals surface area contributed by atoms with Gasteiger partial charge < -0.3 is 10.5 Å². The number of rotatable bonds is 5. The van der Waals surface area contributed by atoms with Crippen molar-refractivity contribution >= 4 is 0 Å². The van der Waals surface area contributed by atoms with Gasteiger partial charge in [0.15, 0.2) is 0 Å². The second-order valence-corrected chi connectivity index (χ2v) is 3.96. The number of benzene rings is 1. The first-order valence-corrected chi connectivity index (χ1v) is 5.62. The Kier molecular flexibility index (Phi) is 4.63. The molecule has 2 N–H and O–H groups in total. The van der Waals surface area contributed by atoms with Crippen molar-refractivity contribution in [3.8, 4) is 5.75 Å². The number of unbranched alkanes of at least 4 members (excludes halogenated alkanes) is 1. The molecule has 0 aliphatic carbocycles. The second-order valence-electron chi connectivity index (χ2n) is 3.96. The lowest BCUT2D eigenvalue weighted by atomic mass is 10.1. The highest BCUT2D eigenvalue weighted by atomic mass is 16.5. The van der Waals surface area contributed by atoms with Crippen molar-refractivity contribution in [1.82, 2.24) is 0 Å². The summed E-state index contributed by atoms with van der Waals surface area (Å²) in [6.07, 6.45) is 2.27. The van der Waals surface area contributed by atoms with E-state index < -0.39 is 0 Å². The normalized spacial score (nSPS) is 10.4. The van der Waals surface area contributed by atoms with Gasteiger partial charge in [-0.2, -0.15) is 0 Å². The van der Waals surface area contributed by atoms with Crippen LogP contribution in [0.15, 0.2) is 12.1 Å². The summed E-state index contributed by atoms with van der Waals surface area (Å²) in [5.41, 5.74) is 9.17. The minimum Gasteiger partial charge on any atom is -0.493 e. The van der Waals surface area contributed by atoms with Crippen LogP contribution in [0.5, 0.6) is 5.75 Å². The largest absolute Gasteiger partial charge is 0.493 e. The Hall–Kier alpha value is -1.02. The second kappa shape index (κ2) is 5.76. The number of hydrogen-bond donors (Lipinski definition) is 1. The molecule has 0 spiro atoms. The third-order valence-corrected chi connectivity index (χ3v) is 2.50. The van der Waals surface area contributed by atoms with Crippen LogP contribution in [-0.2, 0) is 6.54 Å². The van der Waals surface area contributed by atoms with Crippen LogP contribution in [-0.4, -0.2) is 6.61 Å². The molecule has 0 saturated carbocycles. The Labute approximate surface area is 92.4 Å². The molecular weight excluding hydrogens is 186 g/mol. The van der Waals surface area contributed by atoms with E-state index in [1.54, 1.807) is 0 Å². The monoisotopic (exact) mass is 207 g/mol. The molecule has 0 bridgehead atoms. The number of nitrogens with two attached hydrogens (primary N) is 1. The predicted octanol–water partition coefficient (Wildman–Crippen LogP) is 2.94. The molecule has 15 heavy (non-hydrogen) atoms. The van der Waals surface area contributed by atoms with Gasteiger partial charge in [-0.15, -0.1) is 0 Å². The van der Waals surface area contributed by atoms with E-state index in [-0.39, 0.29) is 0 Å². The van der Waals surface area contributed by atoms with Crippen LogP contribution >= 0.6 is 0 Å². The van der Waals surface area contributed by atoms with Crippen LogP contribution < -0.4 is 10.5 Å². The van der Waals surface area contributed by atoms with Crippen molar-refractivity contribution < 1.29 is 4.74 Å². The van der Waals surface area contributed by atoms with Crippen molar-refractivity contribution in [1.29, 1.82) is 0 Å². The SMILES string of the molecule is CCCCOc1c(C)cc(CN)cc1C. The van der Waals surface area contributed by atoms with E-state index in [0.29, 0.717) is 6.54 Å². The molecule has 0 fully saturated rings. The Morgan fingerprint density at radius 2 is 1.80 bits per heavy atom. The molecule has 0 aliphatic rings. The third-order valence-electron chi connectivity index (χ3n) is 2.50. The topological polar surface area (TPSA) is 35.2 Å². The molecule has 1 rings (SSSR count). The molecule has 0 unspecified atom stereocenters. The van der Waals surface area contributed by atoms with Crippen LogP contribution in [0.25, 0.3) is 0 Å². The minimum absolute atomic E-state index is 0.594. The molecule has 1 aromatic rings. The summed E-state index contributed by atoms with van der Waals surface area (Å²) in [4.78, 5) is 0. The van der Waals surface area contributed by atoms with Crippen LogP contribution in [0, 0.1) is 13.8 Å². The average molecular weight is 207 g/mol. The lowest BCUT2D eigenvalue weighted by Gasteiger charge is -2.13. The summed E-state index contributed by atoms with van der Waals surface area (Å²) in [6, 6.07) is 4.21. The van der Waals surface area contributed by atoms with Crippen molar-refractivity contribution in [3.63, 3.8) is 0 Å². The van der Waals surface area contributed by atoms with Crippen molar-refractivity contribution in [2.24, 2.45) is 5.73 Å². The van der Waals surface area contributed by atoms with Gasteiger partial charge in [0.05, 0.1) is 6.61 Å². The smallest absolute Gasteiger partial charge is 0.125 e. The van der Waals surface area contributed by atoms with Crippen molar-refractivity contribution in [2.75, 3.05) is 6.61 Å². The molecule has 0 radical (unpaired) electrons. The van der Waals surface area contributed by atoms with E-state index >= 15 is 0 Å². The summed E-state index contributed by atoms with van der Waals surface area (Å²) >= 11 is 0. The molecule has 2 nitrogen and oxygen atoms in total. The number of hydrogen-bond acceptors (Lipinski definition) is 2. The molecular formula is C13H21NO. The molecule has 0 atom stereocenters. The highest BCUT2D eigenvalue weighted by Gasteiger charge is 2.05. The molecule has 0 saturated heterocycles. The fraction of sp³-hybridized carbons (Fsp3) is 0.538. The van der Waals surface area contributed by atoms with Gasteiger partial charge in [0.1, 0.15) is 5.75 Å². The van der Waals surface area contributed by atoms with E-state index in [2.05, 4.69) is 32.9 Å². The van der Waals surface area contributed by atoms with E-state index in [1.807, 2.05) is 0 Å². The summed E-state index contributed by atoms with van der Waals surface area (Å²) < 4.78 is 5.77. The van der Waals surface area contributed by atoms with E-state index in [1.165, 1.54) is 23.1 Å². The highest BCUT2D eigenvalue weighted by Crippen LogP contribution is 2.24. The third kappa shape index (κ3) is 3.24. The Balaban J connectivity index is 2.79. The Morgan fingerprint density at radius 3 is 2.27 bits per heavy atom. The van der Waals surface area contributed by atoms with Crippen LogP contribution in [0.2, 0.25) is 0 Å². The van der Waals surface area contributed by atoms with Gasteiger partial charge in [0.2, 0.25) is 0 Å². The van der Waals surface area contributed by atoms with Gasteiger partial charge in [-0.1, -0.05) is 25.5 Å². The van der Waals surface area contributed by atoms with Crippen LogP contribution in [0.1, 0.15) is 36.5 Å². The Morgan fingerprint density at radius 1 is 1.20 bits per heavy atom. The van der Waals surface area contributed by atoms with Gasteiger partial charge in [-0.3, -0.25) is 0 Å². The molecule has 0 aromatic heterocycles. The first-order chi connectivity index (χ1) is 7.19. The standard InChI is InChI=1S/C13H21NO/c1-4-5-6-15-13-10(2)7-12(9-14)8-11(13)3/h7-8H,4-6,9,14H2,1-3H3. The summed E-state index contributed by atoms with van der Waals surface area (Å²) in [5, 5.41) is 0. The summed E-state index contributed by atoms with van der Waals surface area (Å²) in [6.45, 7) is 7.72. The maximum Gasteiger partial charge on any atom is 0.125 e.